The van der Waals surface area contributed by atoms with Gasteiger partial charge in [-0.3, -0.25) is 0 Å². The lowest BCUT2D eigenvalue weighted by Gasteiger charge is -2.12. The third kappa shape index (κ3) is 2.44. The zero-order valence-electron chi connectivity index (χ0n) is 8.80. The van der Waals surface area contributed by atoms with Crippen molar-refractivity contribution in [1.82, 2.24) is 4.98 Å². The quantitative estimate of drug-likeness (QED) is 0.452. The number of benzene rings is 1. The first kappa shape index (κ1) is 13.2. The van der Waals surface area contributed by atoms with Crippen LogP contribution in [0.15, 0.2) is 30.5 Å². The molecule has 2 rings (SSSR count). The van der Waals surface area contributed by atoms with Crippen molar-refractivity contribution in [3.05, 3.63) is 64.2 Å². The van der Waals surface area contributed by atoms with E-state index in [1.165, 1.54) is 18.3 Å². The Morgan fingerprint density at radius 1 is 1.06 bits per heavy atom. The fourth-order valence-corrected chi connectivity index (χ4v) is 2.03. The summed E-state index contributed by atoms with van der Waals surface area (Å²) in [6.07, 6.45) is 1.35. The second-order valence-electron chi connectivity index (χ2n) is 3.53. The monoisotopic (exact) mass is 291 g/mol. The van der Waals surface area contributed by atoms with Crippen molar-refractivity contribution in [3.8, 4) is 0 Å². The Balaban J connectivity index is 2.52. The Morgan fingerprint density at radius 2 is 1.72 bits per heavy atom. The number of pyridine rings is 1. The van der Waals surface area contributed by atoms with Gasteiger partial charge in [0.1, 0.15) is 11.0 Å². The maximum atomic E-state index is 13.6. The highest BCUT2D eigenvalue weighted by Crippen LogP contribution is 2.33. The molecule has 1 atom stereocenters. The minimum atomic E-state index is -1.30. The summed E-state index contributed by atoms with van der Waals surface area (Å²) in [6.45, 7) is 0. The normalized spacial score (nSPS) is 12.5. The first-order valence-corrected chi connectivity index (χ1v) is 5.71. The van der Waals surface area contributed by atoms with Gasteiger partial charge in [0.05, 0.1) is 5.38 Å². The minimum Gasteiger partial charge on any atom is -0.245 e. The fourth-order valence-electron chi connectivity index (χ4n) is 1.52. The predicted molar refractivity (Wildman–Crippen MR) is 63.3 cm³/mol. The lowest BCUT2D eigenvalue weighted by molar-refractivity contribution is 0.481. The molecule has 0 fully saturated rings. The summed E-state index contributed by atoms with van der Waals surface area (Å²) in [5, 5.41) is -1.04. The molecule has 0 radical (unpaired) electrons. The highest BCUT2D eigenvalue weighted by molar-refractivity contribution is 6.29. The van der Waals surface area contributed by atoms with Crippen LogP contribution < -0.4 is 0 Å². The van der Waals surface area contributed by atoms with Crippen molar-refractivity contribution in [2.45, 2.75) is 5.38 Å². The van der Waals surface area contributed by atoms with Gasteiger partial charge in [-0.1, -0.05) is 11.6 Å². The molecule has 1 unspecified atom stereocenters. The molecule has 2 aromatic rings. The molecule has 0 N–H and O–H groups in total. The molecule has 0 bridgehead atoms. The molecule has 0 aliphatic carbocycles. The Morgan fingerprint density at radius 3 is 2.39 bits per heavy atom. The van der Waals surface area contributed by atoms with E-state index in [2.05, 4.69) is 4.98 Å². The SMILES string of the molecule is Fc1ccc(F)c(C(Cl)c2ccnc(Cl)c2)c1F. The van der Waals surface area contributed by atoms with Gasteiger partial charge in [-0.15, -0.1) is 11.6 Å². The largest absolute Gasteiger partial charge is 0.245 e. The zero-order chi connectivity index (χ0) is 13.3. The van der Waals surface area contributed by atoms with E-state index in [9.17, 15) is 13.2 Å². The van der Waals surface area contributed by atoms with Gasteiger partial charge in [-0.25, -0.2) is 18.2 Å². The van der Waals surface area contributed by atoms with E-state index in [0.29, 0.717) is 11.6 Å². The molecular weight excluding hydrogens is 286 g/mol. The van der Waals surface area contributed by atoms with E-state index in [4.69, 9.17) is 23.2 Å². The first-order valence-electron chi connectivity index (χ1n) is 4.89. The summed E-state index contributed by atoms with van der Waals surface area (Å²) < 4.78 is 40.2. The number of halogens is 5. The topological polar surface area (TPSA) is 12.9 Å². The number of rotatable bonds is 2. The van der Waals surface area contributed by atoms with Gasteiger partial charge >= 0.3 is 0 Å². The van der Waals surface area contributed by atoms with Gasteiger partial charge in [-0.2, -0.15) is 0 Å². The number of hydrogen-bond donors (Lipinski definition) is 0. The first-order chi connectivity index (χ1) is 8.50. The molecule has 94 valence electrons. The number of nitrogens with zero attached hydrogens (tertiary/aromatic N) is 1. The molecule has 0 aliphatic heterocycles. The van der Waals surface area contributed by atoms with Crippen molar-refractivity contribution in [2.75, 3.05) is 0 Å². The van der Waals surface area contributed by atoms with Gasteiger partial charge in [0, 0.05) is 11.8 Å². The van der Waals surface area contributed by atoms with Gasteiger partial charge in [0.15, 0.2) is 11.6 Å². The third-order valence-corrected chi connectivity index (χ3v) is 3.05. The molecule has 1 nitrogen and oxygen atoms in total. The summed E-state index contributed by atoms with van der Waals surface area (Å²) in [5.74, 6) is -3.37. The van der Waals surface area contributed by atoms with E-state index < -0.39 is 28.4 Å². The second kappa shape index (κ2) is 5.16. The lowest BCUT2D eigenvalue weighted by Crippen LogP contribution is -2.03. The molecule has 1 heterocycles. The summed E-state index contributed by atoms with van der Waals surface area (Å²) in [6, 6.07) is 4.35. The molecule has 1 aromatic carbocycles. The molecular formula is C12H6Cl2F3N. The van der Waals surface area contributed by atoms with E-state index >= 15 is 0 Å². The Kier molecular flexibility index (Phi) is 3.78. The third-order valence-electron chi connectivity index (χ3n) is 2.38. The Bertz CT molecular complexity index is 590. The van der Waals surface area contributed by atoms with Crippen molar-refractivity contribution in [3.63, 3.8) is 0 Å². The van der Waals surface area contributed by atoms with Crippen LogP contribution >= 0.6 is 23.2 Å². The van der Waals surface area contributed by atoms with Gasteiger partial charge in [-0.05, 0) is 29.8 Å². The van der Waals surface area contributed by atoms with E-state index in [0.717, 1.165) is 6.07 Å². The van der Waals surface area contributed by atoms with Crippen molar-refractivity contribution in [2.24, 2.45) is 0 Å². The van der Waals surface area contributed by atoms with Gasteiger partial charge < -0.3 is 0 Å². The van der Waals surface area contributed by atoms with E-state index in [-0.39, 0.29) is 5.15 Å². The van der Waals surface area contributed by atoms with Gasteiger partial charge in [0.25, 0.3) is 0 Å². The van der Waals surface area contributed by atoms with E-state index in [1.54, 1.807) is 0 Å². The van der Waals surface area contributed by atoms with Crippen LogP contribution in [0, 0.1) is 17.5 Å². The fraction of sp³-hybridized carbons (Fsp3) is 0.0833. The standard InChI is InChI=1S/C12H6Cl2F3N/c13-9-5-6(3-4-18-9)11(14)10-7(15)1-2-8(16)12(10)17/h1-5,11H. The predicted octanol–water partition coefficient (Wildman–Crippen LogP) is 4.48. The molecule has 0 saturated heterocycles. The molecule has 6 heteroatoms. The van der Waals surface area contributed by atoms with Crippen LogP contribution in [0.2, 0.25) is 5.15 Å². The maximum absolute atomic E-state index is 13.6. The second-order valence-corrected chi connectivity index (χ2v) is 4.36. The Labute approximate surface area is 111 Å². The van der Waals surface area contributed by atoms with Crippen LogP contribution in [0.5, 0.6) is 0 Å². The van der Waals surface area contributed by atoms with Crippen molar-refractivity contribution >= 4 is 23.2 Å². The Hall–Kier alpha value is -1.26. The van der Waals surface area contributed by atoms with Crippen molar-refractivity contribution in [1.29, 1.82) is 0 Å². The van der Waals surface area contributed by atoms with Crippen LogP contribution in [0.25, 0.3) is 0 Å². The molecule has 0 spiro atoms. The summed E-state index contributed by atoms with van der Waals surface area (Å²) in [7, 11) is 0. The number of alkyl halides is 1. The van der Waals surface area contributed by atoms with E-state index in [1.807, 2.05) is 0 Å². The van der Waals surface area contributed by atoms with Gasteiger partial charge in [0.2, 0.25) is 0 Å². The smallest absolute Gasteiger partial charge is 0.166 e. The number of aromatic nitrogens is 1. The molecule has 0 amide bonds. The number of hydrogen-bond acceptors (Lipinski definition) is 1. The van der Waals surface area contributed by atoms with Crippen LogP contribution in [0.3, 0.4) is 0 Å². The van der Waals surface area contributed by atoms with Crippen LogP contribution in [0.1, 0.15) is 16.5 Å². The molecule has 0 saturated carbocycles. The lowest BCUT2D eigenvalue weighted by atomic mass is 10.0. The average molecular weight is 292 g/mol. The highest BCUT2D eigenvalue weighted by atomic mass is 35.5. The molecule has 0 aliphatic rings. The molecule has 1 aromatic heterocycles. The highest BCUT2D eigenvalue weighted by Gasteiger charge is 2.22. The average Bonchev–Trinajstić information content (AvgIpc) is 2.34. The van der Waals surface area contributed by atoms with Crippen molar-refractivity contribution < 1.29 is 13.2 Å². The van der Waals surface area contributed by atoms with Crippen LogP contribution in [0.4, 0.5) is 13.2 Å². The van der Waals surface area contributed by atoms with Crippen LogP contribution in [-0.2, 0) is 0 Å². The summed E-state index contributed by atoms with van der Waals surface area (Å²) in [5.41, 5.74) is -0.209. The zero-order valence-corrected chi connectivity index (χ0v) is 10.3. The van der Waals surface area contributed by atoms with Crippen LogP contribution in [-0.4, -0.2) is 4.98 Å². The summed E-state index contributed by atoms with van der Waals surface area (Å²) in [4.78, 5) is 3.72. The minimum absolute atomic E-state index is 0.135. The summed E-state index contributed by atoms with van der Waals surface area (Å²) >= 11 is 11.6. The molecule has 18 heavy (non-hydrogen) atoms. The maximum Gasteiger partial charge on any atom is 0.166 e.